The van der Waals surface area contributed by atoms with Gasteiger partial charge >= 0.3 is 0 Å². The van der Waals surface area contributed by atoms with Gasteiger partial charge in [-0.05, 0) is 44.2 Å². The second-order valence-electron chi connectivity index (χ2n) is 7.73. The van der Waals surface area contributed by atoms with Crippen molar-refractivity contribution in [3.63, 3.8) is 0 Å². The van der Waals surface area contributed by atoms with E-state index in [4.69, 9.17) is 4.98 Å². The zero-order valence-corrected chi connectivity index (χ0v) is 17.8. The molecule has 152 valence electrons. The quantitative estimate of drug-likeness (QED) is 0.527. The second-order valence-corrected chi connectivity index (χ2v) is 9.04. The number of carbonyl (C=O) groups is 1. The third-order valence-electron chi connectivity index (χ3n) is 5.50. The van der Waals surface area contributed by atoms with Crippen LogP contribution in [0.25, 0.3) is 10.9 Å². The number of aromatic nitrogens is 2. The molecule has 1 fully saturated rings. The lowest BCUT2D eigenvalue weighted by Gasteiger charge is -2.22. The van der Waals surface area contributed by atoms with Crippen molar-refractivity contribution < 1.29 is 4.79 Å². The van der Waals surface area contributed by atoms with Crippen LogP contribution in [0.3, 0.4) is 0 Å². The molecule has 1 aromatic heterocycles. The zero-order chi connectivity index (χ0) is 19.9. The summed E-state index contributed by atoms with van der Waals surface area (Å²) >= 11 is 1.38. The van der Waals surface area contributed by atoms with Gasteiger partial charge in [0, 0.05) is 13.1 Å². The second kappa shape index (κ2) is 10.1. The fourth-order valence-corrected chi connectivity index (χ4v) is 4.70. The predicted octanol–water partition coefficient (Wildman–Crippen LogP) is 4.37. The molecule has 1 saturated carbocycles. The monoisotopic (exact) mass is 401 g/mol. The molecule has 6 heteroatoms. The average Bonchev–Trinajstić information content (AvgIpc) is 2.72. The van der Waals surface area contributed by atoms with E-state index in [2.05, 4.69) is 12.2 Å². The van der Waals surface area contributed by atoms with Gasteiger partial charge < -0.3 is 5.32 Å². The summed E-state index contributed by atoms with van der Waals surface area (Å²) in [6, 6.07) is 7.43. The summed E-state index contributed by atoms with van der Waals surface area (Å²) in [5.74, 6) is 0.636. The first-order valence-corrected chi connectivity index (χ1v) is 11.4. The van der Waals surface area contributed by atoms with Crippen LogP contribution in [0.4, 0.5) is 0 Å². The van der Waals surface area contributed by atoms with Crippen molar-refractivity contribution >= 4 is 28.6 Å². The Morgan fingerprint density at radius 3 is 2.79 bits per heavy atom. The number of nitrogens with zero attached hydrogens (tertiary/aromatic N) is 2. The van der Waals surface area contributed by atoms with Crippen molar-refractivity contribution in [1.82, 2.24) is 14.9 Å². The highest BCUT2D eigenvalue weighted by Crippen LogP contribution is 2.25. The summed E-state index contributed by atoms with van der Waals surface area (Å²) in [6.45, 7) is 5.39. The summed E-state index contributed by atoms with van der Waals surface area (Å²) in [6.07, 6.45) is 8.20. The minimum atomic E-state index is -0.287. The van der Waals surface area contributed by atoms with Crippen molar-refractivity contribution in [3.05, 3.63) is 34.6 Å². The molecule has 3 rings (SSSR count). The van der Waals surface area contributed by atoms with Gasteiger partial charge in [-0.3, -0.25) is 14.2 Å². The summed E-state index contributed by atoms with van der Waals surface area (Å²) in [4.78, 5) is 30.3. The number of thioether (sulfide) groups is 1. The largest absolute Gasteiger partial charge is 0.355 e. The van der Waals surface area contributed by atoms with Crippen LogP contribution in [0.15, 0.2) is 34.2 Å². The summed E-state index contributed by atoms with van der Waals surface area (Å²) in [5.41, 5.74) is 0.675. The molecule has 1 aromatic carbocycles. The maximum atomic E-state index is 12.9. The number of amides is 1. The predicted molar refractivity (Wildman–Crippen MR) is 116 cm³/mol. The molecule has 1 amide bonds. The van der Waals surface area contributed by atoms with E-state index in [1.54, 1.807) is 4.57 Å². The molecule has 1 heterocycles. The smallest absolute Gasteiger partial charge is 0.262 e. The van der Waals surface area contributed by atoms with E-state index in [0.29, 0.717) is 28.5 Å². The van der Waals surface area contributed by atoms with Gasteiger partial charge in [0.1, 0.15) is 0 Å². The molecule has 1 atom stereocenters. The summed E-state index contributed by atoms with van der Waals surface area (Å²) in [5, 5.41) is 4.10. The fraction of sp³-hybridized carbons (Fsp3) is 0.591. The Hall–Kier alpha value is -1.82. The van der Waals surface area contributed by atoms with E-state index in [0.717, 1.165) is 19.4 Å². The fourth-order valence-electron chi connectivity index (χ4n) is 3.74. The third-order valence-corrected chi connectivity index (χ3v) is 6.59. The van der Waals surface area contributed by atoms with Crippen molar-refractivity contribution in [2.45, 2.75) is 75.7 Å². The van der Waals surface area contributed by atoms with Crippen molar-refractivity contribution in [2.24, 2.45) is 5.92 Å². The molecule has 0 saturated heterocycles. The number of rotatable bonds is 8. The maximum Gasteiger partial charge on any atom is 0.262 e. The number of para-hydroxylation sites is 1. The first-order valence-electron chi connectivity index (χ1n) is 10.5. The lowest BCUT2D eigenvalue weighted by atomic mass is 9.89. The highest BCUT2D eigenvalue weighted by molar-refractivity contribution is 8.00. The minimum absolute atomic E-state index is 0.0173. The Morgan fingerprint density at radius 1 is 1.29 bits per heavy atom. The normalized spacial score (nSPS) is 16.2. The molecule has 0 aliphatic heterocycles. The van der Waals surface area contributed by atoms with E-state index in [9.17, 15) is 9.59 Å². The van der Waals surface area contributed by atoms with Crippen LogP contribution in [-0.2, 0) is 11.3 Å². The summed E-state index contributed by atoms with van der Waals surface area (Å²) in [7, 11) is 0. The zero-order valence-electron chi connectivity index (χ0n) is 16.9. The van der Waals surface area contributed by atoms with Crippen molar-refractivity contribution in [2.75, 3.05) is 6.54 Å². The van der Waals surface area contributed by atoms with Gasteiger partial charge in [-0.1, -0.05) is 56.5 Å². The Morgan fingerprint density at radius 2 is 2.04 bits per heavy atom. The third kappa shape index (κ3) is 5.16. The molecule has 0 spiro atoms. The van der Waals surface area contributed by atoms with Gasteiger partial charge in [-0.25, -0.2) is 4.98 Å². The van der Waals surface area contributed by atoms with E-state index >= 15 is 0 Å². The molecule has 1 aliphatic carbocycles. The number of fused-ring (bicyclic) bond motifs is 1. The molecule has 0 radical (unpaired) electrons. The van der Waals surface area contributed by atoms with Gasteiger partial charge in [0.05, 0.1) is 16.2 Å². The summed E-state index contributed by atoms with van der Waals surface area (Å²) < 4.78 is 1.74. The highest BCUT2D eigenvalue weighted by Gasteiger charge is 2.21. The molecule has 28 heavy (non-hydrogen) atoms. The highest BCUT2D eigenvalue weighted by atomic mass is 32.2. The number of nitrogens with one attached hydrogen (secondary N) is 1. The number of benzene rings is 1. The van der Waals surface area contributed by atoms with Crippen molar-refractivity contribution in [3.8, 4) is 0 Å². The van der Waals surface area contributed by atoms with Gasteiger partial charge in [-0.2, -0.15) is 0 Å². The van der Waals surface area contributed by atoms with Gasteiger partial charge in [0.15, 0.2) is 5.16 Å². The Labute approximate surface area is 171 Å². The maximum absolute atomic E-state index is 12.9. The molecule has 0 bridgehead atoms. The minimum Gasteiger partial charge on any atom is -0.355 e. The van der Waals surface area contributed by atoms with E-state index in [1.807, 2.05) is 31.2 Å². The Kier molecular flexibility index (Phi) is 7.54. The van der Waals surface area contributed by atoms with E-state index < -0.39 is 0 Å². The Balaban J connectivity index is 1.73. The molecule has 1 aliphatic rings. The molecular formula is C22H31N3O2S. The molecule has 5 nitrogen and oxygen atoms in total. The first-order chi connectivity index (χ1) is 13.6. The van der Waals surface area contributed by atoms with Crippen LogP contribution in [0, 0.1) is 5.92 Å². The van der Waals surface area contributed by atoms with E-state index in [1.165, 1.54) is 43.9 Å². The van der Waals surface area contributed by atoms with Crippen LogP contribution < -0.4 is 10.9 Å². The topological polar surface area (TPSA) is 64.0 Å². The van der Waals surface area contributed by atoms with Crippen LogP contribution >= 0.6 is 11.8 Å². The number of unbranched alkanes of at least 4 members (excludes halogenated alkanes) is 1. The van der Waals surface area contributed by atoms with Gasteiger partial charge in [0.25, 0.3) is 5.56 Å². The lowest BCUT2D eigenvalue weighted by Crippen LogP contribution is -2.35. The molecule has 0 unspecified atom stereocenters. The van der Waals surface area contributed by atoms with Crippen LogP contribution in [0.5, 0.6) is 0 Å². The molecule has 2 aromatic rings. The first kappa shape index (κ1) is 20.9. The van der Waals surface area contributed by atoms with Crippen molar-refractivity contribution in [1.29, 1.82) is 0 Å². The molecule has 1 N–H and O–H groups in total. The van der Waals surface area contributed by atoms with Gasteiger partial charge in [-0.15, -0.1) is 0 Å². The number of hydrogen-bond donors (Lipinski definition) is 1. The van der Waals surface area contributed by atoms with Crippen LogP contribution in [0.2, 0.25) is 0 Å². The molecular weight excluding hydrogens is 370 g/mol. The standard InChI is InChI=1S/C22H31N3O2S/c1-3-4-14-25-21(27)18-12-8-9-13-19(18)24-22(25)28-16(2)20(26)23-15-17-10-6-5-7-11-17/h8-9,12-13,16-17H,3-7,10-11,14-15H2,1-2H3,(H,23,26)/t16-/m0/s1. The SMILES string of the molecule is CCCCn1c(S[C@@H](C)C(=O)NCC2CCCCC2)nc2ccccc2c1=O. The Bertz CT molecular complexity index is 858. The average molecular weight is 402 g/mol. The van der Waals surface area contributed by atoms with Crippen LogP contribution in [-0.4, -0.2) is 27.3 Å². The number of hydrogen-bond acceptors (Lipinski definition) is 4. The lowest BCUT2D eigenvalue weighted by molar-refractivity contribution is -0.120. The van der Waals surface area contributed by atoms with Crippen LogP contribution in [0.1, 0.15) is 58.8 Å². The van der Waals surface area contributed by atoms with E-state index in [-0.39, 0.29) is 16.7 Å². The van der Waals surface area contributed by atoms with Gasteiger partial charge in [0.2, 0.25) is 5.91 Å². The number of carbonyl (C=O) groups excluding carboxylic acids is 1.